The molecule has 0 unspecified atom stereocenters. The third kappa shape index (κ3) is 18.5. The van der Waals surface area contributed by atoms with Crippen LogP contribution in [0.15, 0.2) is 0 Å². The van der Waals surface area contributed by atoms with Crippen molar-refractivity contribution in [2.24, 2.45) is 0 Å². The fraction of sp³-hybridized carbons (Fsp3) is 0.882. The normalized spacial score (nSPS) is 10.2. The minimum atomic E-state index is 0. The molecule has 118 valence electrons. The molecule has 0 heterocycles. The van der Waals surface area contributed by atoms with E-state index in [0.29, 0.717) is 0 Å². The molecule has 2 nitrogen and oxygen atoms in total. The van der Waals surface area contributed by atoms with E-state index in [4.69, 9.17) is 0 Å². The van der Waals surface area contributed by atoms with Crippen molar-refractivity contribution in [1.82, 2.24) is 9.80 Å². The number of hydrogen-bond donors (Lipinski definition) is 0. The molecule has 0 saturated heterocycles. The zero-order valence-corrected chi connectivity index (χ0v) is 17.8. The Morgan fingerprint density at radius 1 is 0.600 bits per heavy atom. The summed E-state index contributed by atoms with van der Waals surface area (Å²) in [5.74, 6) is 0. The average molecular weight is 336 g/mol. The Morgan fingerprint density at radius 3 is 1.25 bits per heavy atom. The molecule has 20 heavy (non-hydrogen) atoms. The third-order valence-electron chi connectivity index (χ3n) is 3.02. The Balaban J connectivity index is -0.000000277. The fourth-order valence-electron chi connectivity index (χ4n) is 2.16. The molecule has 0 aliphatic carbocycles. The first kappa shape index (κ1) is 25.5. The molecule has 0 aromatic heterocycles. The van der Waals surface area contributed by atoms with Gasteiger partial charge in [-0.3, -0.25) is 0 Å². The summed E-state index contributed by atoms with van der Waals surface area (Å²) < 4.78 is 0. The molecule has 0 amide bonds. The Kier molecular flexibility index (Phi) is 27.8. The zero-order valence-electron chi connectivity index (χ0n) is 14.8. The van der Waals surface area contributed by atoms with E-state index < -0.39 is 0 Å². The maximum absolute atomic E-state index is 3.85. The predicted octanol–water partition coefficient (Wildman–Crippen LogP) is 4.27. The van der Waals surface area contributed by atoms with E-state index in [1.165, 1.54) is 52.0 Å². The molecule has 0 aliphatic rings. The summed E-state index contributed by atoms with van der Waals surface area (Å²) in [5.41, 5.74) is 0. The minimum absolute atomic E-state index is 0. The maximum Gasteiger partial charge on any atom is 2.00 e. The van der Waals surface area contributed by atoms with Crippen LogP contribution in [-0.2, 0) is 19.5 Å². The summed E-state index contributed by atoms with van der Waals surface area (Å²) in [5, 5.41) is 0. The number of nitrogens with zero attached hydrogens (tertiary/aromatic N) is 2. The van der Waals surface area contributed by atoms with E-state index in [1.807, 2.05) is 0 Å². The van der Waals surface area contributed by atoms with Gasteiger partial charge >= 0.3 is 19.5 Å². The molecule has 0 rings (SSSR count). The van der Waals surface area contributed by atoms with E-state index in [9.17, 15) is 0 Å². The van der Waals surface area contributed by atoms with E-state index in [1.54, 1.807) is 0 Å². The molecule has 0 atom stereocenters. The van der Waals surface area contributed by atoms with Crippen LogP contribution in [0.4, 0.5) is 0 Å². The van der Waals surface area contributed by atoms with Gasteiger partial charge in [-0.1, -0.05) is 27.7 Å². The molecule has 0 aromatic rings. The van der Waals surface area contributed by atoms with Crippen molar-refractivity contribution >= 4 is 0 Å². The second-order valence-electron chi connectivity index (χ2n) is 4.98. The van der Waals surface area contributed by atoms with Crippen molar-refractivity contribution in [2.45, 2.75) is 59.8 Å². The smallest absolute Gasteiger partial charge is 0.342 e. The topological polar surface area (TPSA) is 6.48 Å². The molecular weight excluding hydrogens is 298 g/mol. The molecule has 0 bridgehead atoms. The Hall–Kier alpha value is 0.543. The second kappa shape index (κ2) is 21.8. The van der Waals surface area contributed by atoms with E-state index in [-0.39, 0.29) is 19.5 Å². The van der Waals surface area contributed by atoms with Gasteiger partial charge in [0.2, 0.25) is 0 Å². The summed E-state index contributed by atoms with van der Waals surface area (Å²) in [6.45, 7) is 23.7. The van der Waals surface area contributed by atoms with Crippen molar-refractivity contribution in [1.29, 1.82) is 0 Å². The maximum atomic E-state index is 3.85. The van der Waals surface area contributed by atoms with Crippen molar-refractivity contribution < 1.29 is 19.5 Å². The molecule has 0 spiro atoms. The Morgan fingerprint density at radius 2 is 0.950 bits per heavy atom. The van der Waals surface area contributed by atoms with Crippen molar-refractivity contribution in [3.05, 3.63) is 13.8 Å². The van der Waals surface area contributed by atoms with Gasteiger partial charge in [-0.2, -0.15) is 12.8 Å². The first-order valence-electron chi connectivity index (χ1n) is 8.23. The van der Waals surface area contributed by atoms with Crippen LogP contribution in [0.2, 0.25) is 0 Å². The molecule has 0 saturated carbocycles. The molecular formula is C17H38N2Zn. The molecule has 0 N–H and O–H groups in total. The van der Waals surface area contributed by atoms with Crippen LogP contribution in [0.3, 0.4) is 0 Å². The first-order valence-corrected chi connectivity index (χ1v) is 8.23. The van der Waals surface area contributed by atoms with Crippen LogP contribution < -0.4 is 0 Å². The molecule has 0 aromatic carbocycles. The summed E-state index contributed by atoms with van der Waals surface area (Å²) in [6, 6.07) is 0. The first-order chi connectivity index (χ1) is 9.19. The zero-order chi connectivity index (χ0) is 14.9. The van der Waals surface area contributed by atoms with Gasteiger partial charge in [0.15, 0.2) is 0 Å². The van der Waals surface area contributed by atoms with Gasteiger partial charge < -0.3 is 23.6 Å². The largest absolute Gasteiger partial charge is 2.00 e. The quantitative estimate of drug-likeness (QED) is 0.411. The van der Waals surface area contributed by atoms with Crippen LogP contribution in [0, 0.1) is 13.8 Å². The van der Waals surface area contributed by atoms with Gasteiger partial charge in [-0.15, -0.1) is 0 Å². The summed E-state index contributed by atoms with van der Waals surface area (Å²) in [6.07, 6.45) is 5.86. The minimum Gasteiger partial charge on any atom is -0.342 e. The van der Waals surface area contributed by atoms with Gasteiger partial charge in [-0.25, -0.2) is 0 Å². The monoisotopic (exact) mass is 334 g/mol. The van der Waals surface area contributed by atoms with E-state index >= 15 is 0 Å². The van der Waals surface area contributed by atoms with Gasteiger partial charge in [0.25, 0.3) is 0 Å². The van der Waals surface area contributed by atoms with Gasteiger partial charge in [-0.05, 0) is 58.5 Å². The Labute approximate surface area is 142 Å². The van der Waals surface area contributed by atoms with Gasteiger partial charge in [0, 0.05) is 0 Å². The van der Waals surface area contributed by atoms with Crippen molar-refractivity contribution in [3.8, 4) is 0 Å². The second-order valence-corrected chi connectivity index (χ2v) is 4.98. The van der Waals surface area contributed by atoms with Crippen LogP contribution >= 0.6 is 0 Å². The molecule has 0 radical (unpaired) electrons. The standard InChI is InChI=1S/C9H20N.C8H18N.Zn/c1-4-7-10(8-5-2)9-6-3;1-4-7-9(6-3)8-5-2;/h1,4-9H2,2-3H3;1,4-8H2,2-3H3;/q2*-1;+2. The Bertz CT molecular complexity index is 134. The predicted molar refractivity (Wildman–Crippen MR) is 89.4 cm³/mol. The van der Waals surface area contributed by atoms with Gasteiger partial charge in [0.05, 0.1) is 0 Å². The van der Waals surface area contributed by atoms with Crippen LogP contribution in [-0.4, -0.2) is 49.1 Å². The van der Waals surface area contributed by atoms with E-state index in [0.717, 1.165) is 19.4 Å². The van der Waals surface area contributed by atoms with Crippen LogP contribution in [0.25, 0.3) is 0 Å². The third-order valence-corrected chi connectivity index (χ3v) is 3.02. The summed E-state index contributed by atoms with van der Waals surface area (Å²) >= 11 is 0. The summed E-state index contributed by atoms with van der Waals surface area (Å²) in [7, 11) is 0. The number of hydrogen-bond acceptors (Lipinski definition) is 2. The number of rotatable bonds is 11. The van der Waals surface area contributed by atoms with Crippen molar-refractivity contribution in [2.75, 3.05) is 39.3 Å². The molecule has 0 fully saturated rings. The van der Waals surface area contributed by atoms with Gasteiger partial charge in [0.1, 0.15) is 0 Å². The molecule has 0 aliphatic heterocycles. The fourth-order valence-corrected chi connectivity index (χ4v) is 2.16. The molecule has 3 heteroatoms. The summed E-state index contributed by atoms with van der Waals surface area (Å²) in [4.78, 5) is 4.90. The van der Waals surface area contributed by atoms with Crippen molar-refractivity contribution in [3.63, 3.8) is 0 Å². The SMILES string of the molecule is [CH2-]CCN(CC)CCC.[CH2-]CCN(CCC)CCC.[Zn+2]. The van der Waals surface area contributed by atoms with Crippen LogP contribution in [0.5, 0.6) is 0 Å². The van der Waals surface area contributed by atoms with Crippen LogP contribution in [0.1, 0.15) is 59.8 Å². The average Bonchev–Trinajstić information content (AvgIpc) is 2.40. The van der Waals surface area contributed by atoms with E-state index in [2.05, 4.69) is 51.3 Å².